The van der Waals surface area contributed by atoms with Gasteiger partial charge in [0, 0.05) is 19.0 Å². The van der Waals surface area contributed by atoms with Crippen molar-refractivity contribution in [3.05, 3.63) is 29.7 Å². The lowest BCUT2D eigenvalue weighted by molar-refractivity contribution is 0.0643. The predicted molar refractivity (Wildman–Crippen MR) is 82.1 cm³/mol. The summed E-state index contributed by atoms with van der Waals surface area (Å²) in [6, 6.07) is 4.09. The highest BCUT2D eigenvalue weighted by atomic mass is 19.1. The van der Waals surface area contributed by atoms with Gasteiger partial charge in [-0.1, -0.05) is 0 Å². The van der Waals surface area contributed by atoms with E-state index in [1.807, 2.05) is 0 Å². The quantitative estimate of drug-likeness (QED) is 0.895. The molecule has 1 amide bonds. The number of methoxy groups -OCH3 is 2. The van der Waals surface area contributed by atoms with Crippen LogP contribution >= 0.6 is 0 Å². The fourth-order valence-corrected chi connectivity index (χ4v) is 3.07. The van der Waals surface area contributed by atoms with E-state index in [4.69, 9.17) is 9.47 Å². The molecule has 0 unspecified atom stereocenters. The van der Waals surface area contributed by atoms with E-state index < -0.39 is 5.82 Å². The number of ether oxygens (including phenoxy) is 2. The highest BCUT2D eigenvalue weighted by Crippen LogP contribution is 2.30. The van der Waals surface area contributed by atoms with Crippen molar-refractivity contribution in [2.75, 3.05) is 27.4 Å². The Morgan fingerprint density at radius 3 is 2.91 bits per heavy atom. The number of aliphatic hydroxyl groups is 1. The van der Waals surface area contributed by atoms with Crippen molar-refractivity contribution < 1.29 is 23.8 Å². The molecule has 3 rings (SSSR count). The number of likely N-dealkylation sites (tertiary alicyclic amines) is 1. The number of carbonyl (C=O) groups excluding carboxylic acids is 1. The van der Waals surface area contributed by atoms with Crippen LogP contribution in [0, 0.1) is 5.82 Å². The van der Waals surface area contributed by atoms with Gasteiger partial charge in [0.25, 0.3) is 5.91 Å². The Morgan fingerprint density at radius 2 is 2.26 bits per heavy atom. The van der Waals surface area contributed by atoms with Crippen molar-refractivity contribution in [2.45, 2.75) is 18.6 Å². The summed E-state index contributed by atoms with van der Waals surface area (Å²) in [7, 11) is 3.07. The summed E-state index contributed by atoms with van der Waals surface area (Å²) >= 11 is 0. The molecule has 2 aromatic rings. The van der Waals surface area contributed by atoms with Crippen LogP contribution in [0.25, 0.3) is 10.9 Å². The zero-order chi connectivity index (χ0) is 16.6. The van der Waals surface area contributed by atoms with Gasteiger partial charge in [0.2, 0.25) is 0 Å². The number of benzene rings is 1. The van der Waals surface area contributed by atoms with Crippen LogP contribution in [0.5, 0.6) is 5.75 Å². The number of rotatable bonds is 4. The van der Waals surface area contributed by atoms with Gasteiger partial charge in [0.15, 0.2) is 0 Å². The number of amides is 1. The van der Waals surface area contributed by atoms with Crippen molar-refractivity contribution in [3.63, 3.8) is 0 Å². The molecule has 1 saturated heterocycles. The smallest absolute Gasteiger partial charge is 0.270 e. The maximum absolute atomic E-state index is 13.9. The molecule has 1 aromatic heterocycles. The van der Waals surface area contributed by atoms with Crippen molar-refractivity contribution >= 4 is 16.8 Å². The number of aromatic amines is 1. The second-order valence-electron chi connectivity index (χ2n) is 5.61. The Hall–Kier alpha value is -2.12. The van der Waals surface area contributed by atoms with E-state index in [2.05, 4.69) is 4.98 Å². The monoisotopic (exact) mass is 322 g/mol. The third kappa shape index (κ3) is 2.66. The molecule has 7 heteroatoms. The number of carbonyl (C=O) groups is 1. The van der Waals surface area contributed by atoms with Gasteiger partial charge in [-0.05, 0) is 24.6 Å². The second kappa shape index (κ2) is 6.17. The summed E-state index contributed by atoms with van der Waals surface area (Å²) in [5, 5.41) is 9.98. The van der Waals surface area contributed by atoms with Gasteiger partial charge in [0.05, 0.1) is 31.4 Å². The second-order valence-corrected chi connectivity index (χ2v) is 5.61. The van der Waals surface area contributed by atoms with E-state index in [0.717, 1.165) is 0 Å². The van der Waals surface area contributed by atoms with Crippen molar-refractivity contribution in [1.29, 1.82) is 0 Å². The molecule has 0 spiro atoms. The average molecular weight is 322 g/mol. The summed E-state index contributed by atoms with van der Waals surface area (Å²) in [5.74, 6) is -0.248. The highest BCUT2D eigenvalue weighted by Gasteiger charge is 2.36. The first-order valence-corrected chi connectivity index (χ1v) is 7.38. The summed E-state index contributed by atoms with van der Waals surface area (Å²) in [6.45, 7) is 0.263. The van der Waals surface area contributed by atoms with Gasteiger partial charge in [-0.3, -0.25) is 4.79 Å². The largest absolute Gasteiger partial charge is 0.496 e. The topological polar surface area (TPSA) is 74.8 Å². The number of halogens is 1. The molecule has 124 valence electrons. The molecule has 0 aliphatic carbocycles. The van der Waals surface area contributed by atoms with Gasteiger partial charge in [0.1, 0.15) is 17.3 Å². The Balaban J connectivity index is 1.96. The first-order valence-electron chi connectivity index (χ1n) is 7.38. The van der Waals surface area contributed by atoms with Crippen LogP contribution in [0.2, 0.25) is 0 Å². The highest BCUT2D eigenvalue weighted by molar-refractivity contribution is 6.00. The fraction of sp³-hybridized carbons (Fsp3) is 0.438. The maximum Gasteiger partial charge on any atom is 0.270 e. The van der Waals surface area contributed by atoms with Crippen LogP contribution in [-0.4, -0.2) is 60.4 Å². The number of aliphatic hydroxyl groups excluding tert-OH is 1. The van der Waals surface area contributed by atoms with Gasteiger partial charge in [-0.15, -0.1) is 0 Å². The molecule has 1 aromatic carbocycles. The van der Waals surface area contributed by atoms with E-state index in [-0.39, 0.29) is 35.9 Å². The number of hydrogen-bond donors (Lipinski definition) is 2. The lowest BCUT2D eigenvalue weighted by Gasteiger charge is -2.21. The Labute approximate surface area is 132 Å². The number of nitrogens with one attached hydrogen (secondary N) is 1. The zero-order valence-electron chi connectivity index (χ0n) is 13.0. The lowest BCUT2D eigenvalue weighted by atomic mass is 10.2. The van der Waals surface area contributed by atoms with Gasteiger partial charge < -0.3 is 24.5 Å². The Bertz CT molecular complexity index is 730. The van der Waals surface area contributed by atoms with Crippen LogP contribution in [0.4, 0.5) is 4.39 Å². The van der Waals surface area contributed by atoms with E-state index in [1.54, 1.807) is 18.1 Å². The average Bonchev–Trinajstić information content (AvgIpc) is 3.19. The molecule has 1 aliphatic rings. The molecule has 0 radical (unpaired) electrons. The molecule has 0 saturated carbocycles. The fourth-order valence-electron chi connectivity index (χ4n) is 3.07. The van der Waals surface area contributed by atoms with Crippen molar-refractivity contribution in [2.24, 2.45) is 0 Å². The van der Waals surface area contributed by atoms with E-state index in [0.29, 0.717) is 24.1 Å². The SMILES string of the molecule is COc1ccc(F)c2[nH]c(C(=O)N3C[C@@H](OC)C[C@H]3CO)cc12. The third-order valence-electron chi connectivity index (χ3n) is 4.33. The number of hydrogen-bond acceptors (Lipinski definition) is 4. The minimum atomic E-state index is -0.449. The first kappa shape index (κ1) is 15.8. The minimum absolute atomic E-state index is 0.105. The van der Waals surface area contributed by atoms with Crippen LogP contribution in [0.1, 0.15) is 16.9 Å². The molecule has 1 aliphatic heterocycles. The molecule has 2 atom stereocenters. The Morgan fingerprint density at radius 1 is 1.48 bits per heavy atom. The van der Waals surface area contributed by atoms with E-state index in [1.165, 1.54) is 19.2 Å². The number of aromatic nitrogens is 1. The molecular formula is C16H19FN2O4. The summed E-state index contributed by atoms with van der Waals surface area (Å²) in [4.78, 5) is 17.1. The normalized spacial score (nSPS) is 21.1. The maximum atomic E-state index is 13.9. The van der Waals surface area contributed by atoms with Crippen molar-refractivity contribution in [3.8, 4) is 5.75 Å². The molecule has 6 nitrogen and oxygen atoms in total. The van der Waals surface area contributed by atoms with Crippen LogP contribution in [-0.2, 0) is 4.74 Å². The molecule has 2 N–H and O–H groups in total. The van der Waals surface area contributed by atoms with Crippen molar-refractivity contribution in [1.82, 2.24) is 9.88 Å². The molecule has 2 heterocycles. The number of H-pyrrole nitrogens is 1. The zero-order valence-corrected chi connectivity index (χ0v) is 13.0. The number of fused-ring (bicyclic) bond motifs is 1. The van der Waals surface area contributed by atoms with Crippen LogP contribution < -0.4 is 4.74 Å². The van der Waals surface area contributed by atoms with Crippen LogP contribution in [0.3, 0.4) is 0 Å². The third-order valence-corrected chi connectivity index (χ3v) is 4.33. The van der Waals surface area contributed by atoms with Gasteiger partial charge >= 0.3 is 0 Å². The predicted octanol–water partition coefficient (Wildman–Crippen LogP) is 1.54. The number of nitrogens with zero attached hydrogens (tertiary/aromatic N) is 1. The molecule has 23 heavy (non-hydrogen) atoms. The molecular weight excluding hydrogens is 303 g/mol. The summed E-state index contributed by atoms with van der Waals surface area (Å²) in [6.07, 6.45) is 0.475. The standard InChI is InChI=1S/C16H19FN2O4/c1-22-10-5-9(8-20)19(7-10)16(21)13-6-11-14(23-2)4-3-12(17)15(11)18-13/h3-4,6,9-10,18,20H,5,7-8H2,1-2H3/t9-,10-/m0/s1. The lowest BCUT2D eigenvalue weighted by Crippen LogP contribution is -2.38. The first-order chi connectivity index (χ1) is 11.1. The molecule has 1 fully saturated rings. The van der Waals surface area contributed by atoms with Crippen LogP contribution in [0.15, 0.2) is 18.2 Å². The minimum Gasteiger partial charge on any atom is -0.496 e. The van der Waals surface area contributed by atoms with E-state index >= 15 is 0 Å². The van der Waals surface area contributed by atoms with Gasteiger partial charge in [-0.25, -0.2) is 4.39 Å². The summed E-state index contributed by atoms with van der Waals surface area (Å²) < 4.78 is 24.4. The van der Waals surface area contributed by atoms with E-state index in [9.17, 15) is 14.3 Å². The molecule has 0 bridgehead atoms. The van der Waals surface area contributed by atoms with Gasteiger partial charge in [-0.2, -0.15) is 0 Å². The summed E-state index contributed by atoms with van der Waals surface area (Å²) in [5.41, 5.74) is 0.495. The Kier molecular flexibility index (Phi) is 4.23.